The molecule has 0 spiro atoms. The maximum Gasteiger partial charge on any atom is 0.269 e. The summed E-state index contributed by atoms with van der Waals surface area (Å²) in [5, 5.41) is 4.82. The number of nitrogens with zero attached hydrogens (tertiary/aromatic N) is 3. The van der Waals surface area contributed by atoms with Crippen LogP contribution in [0.25, 0.3) is 0 Å². The van der Waals surface area contributed by atoms with Crippen molar-refractivity contribution in [2.24, 2.45) is 7.05 Å². The molecule has 0 saturated heterocycles. The van der Waals surface area contributed by atoms with E-state index in [2.05, 4.69) is 5.10 Å². The third-order valence-corrected chi connectivity index (χ3v) is 6.67. The first-order valence-electron chi connectivity index (χ1n) is 6.75. The van der Waals surface area contributed by atoms with E-state index in [-0.39, 0.29) is 16.1 Å². The van der Waals surface area contributed by atoms with Crippen LogP contribution in [0, 0.1) is 6.92 Å². The number of fused-ring (bicyclic) bond motifs is 1. The number of benzene rings is 1. The minimum absolute atomic E-state index is 0.0614. The number of halogens is 2. The minimum Gasteiger partial charge on any atom is -0.263 e. The molecule has 22 heavy (non-hydrogen) atoms. The monoisotopic (exact) mass is 359 g/mol. The van der Waals surface area contributed by atoms with Gasteiger partial charge in [-0.2, -0.15) is 5.10 Å². The van der Waals surface area contributed by atoms with Crippen molar-refractivity contribution < 1.29 is 8.42 Å². The largest absolute Gasteiger partial charge is 0.269 e. The molecule has 2 heterocycles. The van der Waals surface area contributed by atoms with Crippen molar-refractivity contribution in [3.8, 4) is 0 Å². The van der Waals surface area contributed by atoms with Crippen LogP contribution in [0.15, 0.2) is 23.1 Å². The van der Waals surface area contributed by atoms with Crippen molar-refractivity contribution in [1.29, 1.82) is 0 Å². The predicted molar refractivity (Wildman–Crippen MR) is 87.2 cm³/mol. The standard InChI is InChI=1S/C14H15Cl2N3O2S/c1-8-6-10-7-11(15)4-5-12(10)19(8)22(20,21)13-9(2)17-18(3)14(13)16/h4-5,7-8H,6H2,1-3H3. The molecule has 0 amide bonds. The second-order valence-electron chi connectivity index (χ2n) is 5.46. The second-order valence-corrected chi connectivity index (χ2v) is 8.00. The van der Waals surface area contributed by atoms with Crippen LogP contribution in [-0.2, 0) is 23.5 Å². The zero-order chi connectivity index (χ0) is 16.2. The number of sulfonamides is 1. The Bertz CT molecular complexity index is 861. The molecule has 1 aromatic carbocycles. The van der Waals surface area contributed by atoms with Crippen LogP contribution >= 0.6 is 23.2 Å². The van der Waals surface area contributed by atoms with E-state index in [1.165, 1.54) is 8.99 Å². The van der Waals surface area contributed by atoms with Gasteiger partial charge in [0.15, 0.2) is 0 Å². The molecule has 0 radical (unpaired) electrons. The van der Waals surface area contributed by atoms with Crippen molar-refractivity contribution in [2.45, 2.75) is 31.2 Å². The number of anilines is 1. The molecule has 5 nitrogen and oxygen atoms in total. The molecule has 3 rings (SSSR count). The number of aromatic nitrogens is 2. The summed E-state index contributed by atoms with van der Waals surface area (Å²) in [4.78, 5) is 0.0614. The van der Waals surface area contributed by atoms with Gasteiger partial charge in [0, 0.05) is 18.1 Å². The van der Waals surface area contributed by atoms with Gasteiger partial charge in [-0.05, 0) is 44.0 Å². The quantitative estimate of drug-likeness (QED) is 0.827. The minimum atomic E-state index is -3.78. The first-order valence-corrected chi connectivity index (χ1v) is 8.95. The molecular weight excluding hydrogens is 345 g/mol. The molecule has 2 aromatic rings. The topological polar surface area (TPSA) is 55.2 Å². The Hall–Kier alpha value is -1.24. The second kappa shape index (κ2) is 5.15. The Balaban J connectivity index is 2.19. The van der Waals surface area contributed by atoms with Crippen LogP contribution in [0.4, 0.5) is 5.69 Å². The summed E-state index contributed by atoms with van der Waals surface area (Å²) in [6.45, 7) is 3.51. The normalized spacial score (nSPS) is 17.9. The zero-order valence-corrected chi connectivity index (χ0v) is 14.7. The summed E-state index contributed by atoms with van der Waals surface area (Å²) in [5.41, 5.74) is 1.96. The van der Waals surface area contributed by atoms with Gasteiger partial charge in [-0.25, -0.2) is 8.42 Å². The summed E-state index contributed by atoms with van der Waals surface area (Å²) < 4.78 is 29.0. The van der Waals surface area contributed by atoms with Gasteiger partial charge in [-0.1, -0.05) is 23.2 Å². The average molecular weight is 360 g/mol. The highest BCUT2D eigenvalue weighted by Crippen LogP contribution is 2.39. The third kappa shape index (κ3) is 2.21. The van der Waals surface area contributed by atoms with Gasteiger partial charge in [0.2, 0.25) is 0 Å². The van der Waals surface area contributed by atoms with Gasteiger partial charge in [0.25, 0.3) is 10.0 Å². The maximum absolute atomic E-state index is 13.1. The fourth-order valence-electron chi connectivity index (χ4n) is 2.94. The van der Waals surface area contributed by atoms with Crippen molar-refractivity contribution >= 4 is 38.9 Å². The van der Waals surface area contributed by atoms with E-state index in [0.717, 1.165) is 5.56 Å². The smallest absolute Gasteiger partial charge is 0.263 e. The van der Waals surface area contributed by atoms with Crippen LogP contribution in [0.1, 0.15) is 18.2 Å². The lowest BCUT2D eigenvalue weighted by Crippen LogP contribution is -2.36. The molecule has 1 aliphatic rings. The number of aryl methyl sites for hydroxylation is 2. The van der Waals surface area contributed by atoms with E-state index >= 15 is 0 Å². The molecule has 1 aliphatic heterocycles. The summed E-state index contributed by atoms with van der Waals surface area (Å²) in [7, 11) is -2.16. The first kappa shape index (κ1) is 15.6. The highest BCUT2D eigenvalue weighted by Gasteiger charge is 2.39. The maximum atomic E-state index is 13.1. The van der Waals surface area contributed by atoms with Gasteiger partial charge in [-0.15, -0.1) is 0 Å². The molecule has 1 aromatic heterocycles. The molecule has 1 atom stereocenters. The van der Waals surface area contributed by atoms with Crippen molar-refractivity contribution in [3.63, 3.8) is 0 Å². The molecule has 0 bridgehead atoms. The van der Waals surface area contributed by atoms with Crippen LogP contribution in [0.2, 0.25) is 10.2 Å². The Morgan fingerprint density at radius 2 is 2.00 bits per heavy atom. The lowest BCUT2D eigenvalue weighted by molar-refractivity contribution is 0.583. The molecular formula is C14H15Cl2N3O2S. The molecule has 118 valence electrons. The van der Waals surface area contributed by atoms with E-state index in [9.17, 15) is 8.42 Å². The van der Waals surface area contributed by atoms with Gasteiger partial charge in [-0.3, -0.25) is 8.99 Å². The fraction of sp³-hybridized carbons (Fsp3) is 0.357. The molecule has 1 unspecified atom stereocenters. The Kier molecular flexibility index (Phi) is 3.66. The van der Waals surface area contributed by atoms with Crippen LogP contribution in [-0.4, -0.2) is 24.2 Å². The molecule has 0 fully saturated rings. The Morgan fingerprint density at radius 3 is 2.59 bits per heavy atom. The molecule has 0 aliphatic carbocycles. The molecule has 8 heteroatoms. The summed E-state index contributed by atoms with van der Waals surface area (Å²) in [5.74, 6) is 0. The first-order chi connectivity index (χ1) is 10.2. The van der Waals surface area contributed by atoms with Gasteiger partial charge in [0.1, 0.15) is 10.0 Å². The van der Waals surface area contributed by atoms with E-state index in [1.807, 2.05) is 6.92 Å². The SMILES string of the molecule is Cc1nn(C)c(Cl)c1S(=O)(=O)N1c2ccc(Cl)cc2CC1C. The Labute approximate surface area is 139 Å². The number of rotatable bonds is 2. The van der Waals surface area contributed by atoms with E-state index in [4.69, 9.17) is 23.2 Å². The fourth-order valence-corrected chi connectivity index (χ4v) is 5.54. The van der Waals surface area contributed by atoms with Crippen molar-refractivity contribution in [2.75, 3.05) is 4.31 Å². The van der Waals surface area contributed by atoms with E-state index in [0.29, 0.717) is 22.8 Å². The van der Waals surface area contributed by atoms with Crippen molar-refractivity contribution in [1.82, 2.24) is 9.78 Å². The lowest BCUT2D eigenvalue weighted by atomic mass is 10.1. The highest BCUT2D eigenvalue weighted by atomic mass is 35.5. The average Bonchev–Trinajstić information content (AvgIpc) is 2.85. The van der Waals surface area contributed by atoms with E-state index < -0.39 is 10.0 Å². The van der Waals surface area contributed by atoms with Crippen LogP contribution in [0.3, 0.4) is 0 Å². The zero-order valence-electron chi connectivity index (χ0n) is 12.3. The molecule has 0 N–H and O–H groups in total. The molecule has 0 saturated carbocycles. The number of hydrogen-bond donors (Lipinski definition) is 0. The third-order valence-electron chi connectivity index (χ3n) is 3.81. The summed E-state index contributed by atoms with van der Waals surface area (Å²) in [6, 6.07) is 5.03. The lowest BCUT2D eigenvalue weighted by Gasteiger charge is -2.24. The van der Waals surface area contributed by atoms with Gasteiger partial charge < -0.3 is 0 Å². The Morgan fingerprint density at radius 1 is 1.32 bits per heavy atom. The summed E-state index contributed by atoms with van der Waals surface area (Å²) in [6.07, 6.45) is 0.617. The van der Waals surface area contributed by atoms with Crippen LogP contribution in [0.5, 0.6) is 0 Å². The van der Waals surface area contributed by atoms with Gasteiger partial charge >= 0.3 is 0 Å². The number of hydrogen-bond acceptors (Lipinski definition) is 3. The highest BCUT2D eigenvalue weighted by molar-refractivity contribution is 7.93. The summed E-state index contributed by atoms with van der Waals surface area (Å²) >= 11 is 12.2. The van der Waals surface area contributed by atoms with E-state index in [1.54, 1.807) is 32.2 Å². The predicted octanol–water partition coefficient (Wildman–Crippen LogP) is 3.18. The van der Waals surface area contributed by atoms with Gasteiger partial charge in [0.05, 0.1) is 11.4 Å². The van der Waals surface area contributed by atoms with Crippen LogP contribution < -0.4 is 4.31 Å². The van der Waals surface area contributed by atoms with Crippen molar-refractivity contribution in [3.05, 3.63) is 39.6 Å².